The molecule has 0 radical (unpaired) electrons. The minimum Gasteiger partial charge on any atom is -0.325 e. The monoisotopic (exact) mass is 279 g/mol. The van der Waals surface area contributed by atoms with Crippen molar-refractivity contribution in [2.45, 2.75) is 12.8 Å². The van der Waals surface area contributed by atoms with E-state index in [2.05, 4.69) is 10.6 Å². The third-order valence-electron chi connectivity index (χ3n) is 3.49. The fourth-order valence-electron chi connectivity index (χ4n) is 2.60. The Hall–Kier alpha value is -1.46. The topological polar surface area (TPSA) is 44.4 Å². The van der Waals surface area contributed by atoms with Gasteiger partial charge in [-0.05, 0) is 57.1 Å². The molecule has 1 amide bonds. The maximum absolute atomic E-state index is 13.0. The van der Waals surface area contributed by atoms with Crippen LogP contribution in [-0.2, 0) is 4.79 Å². The third kappa shape index (κ3) is 4.90. The summed E-state index contributed by atoms with van der Waals surface area (Å²) < 4.78 is 13.0. The normalized spacial score (nSPS) is 19.1. The number of hydrogen-bond donors (Lipinski definition) is 2. The van der Waals surface area contributed by atoms with E-state index in [1.54, 1.807) is 12.1 Å². The van der Waals surface area contributed by atoms with Gasteiger partial charge >= 0.3 is 0 Å². The molecule has 0 bridgehead atoms. The summed E-state index contributed by atoms with van der Waals surface area (Å²) in [4.78, 5) is 13.9. The van der Waals surface area contributed by atoms with E-state index < -0.39 is 0 Å². The second-order valence-electron chi connectivity index (χ2n) is 5.47. The third-order valence-corrected chi connectivity index (χ3v) is 3.49. The molecule has 20 heavy (non-hydrogen) atoms. The smallest absolute Gasteiger partial charge is 0.238 e. The fourth-order valence-corrected chi connectivity index (χ4v) is 2.60. The summed E-state index contributed by atoms with van der Waals surface area (Å²) >= 11 is 0. The van der Waals surface area contributed by atoms with E-state index in [1.165, 1.54) is 25.0 Å². The van der Waals surface area contributed by atoms with Gasteiger partial charge in [0.05, 0.1) is 6.54 Å². The van der Waals surface area contributed by atoms with Gasteiger partial charge in [0.2, 0.25) is 5.91 Å². The highest BCUT2D eigenvalue weighted by Crippen LogP contribution is 2.12. The number of nitrogens with zero attached hydrogens (tertiary/aromatic N) is 1. The van der Waals surface area contributed by atoms with Gasteiger partial charge in [-0.3, -0.25) is 9.69 Å². The molecule has 1 unspecified atom stereocenters. The van der Waals surface area contributed by atoms with Crippen molar-refractivity contribution in [3.05, 3.63) is 30.1 Å². The van der Waals surface area contributed by atoms with Crippen molar-refractivity contribution >= 4 is 11.6 Å². The van der Waals surface area contributed by atoms with Gasteiger partial charge in [-0.2, -0.15) is 0 Å². The van der Waals surface area contributed by atoms with Gasteiger partial charge in [-0.1, -0.05) is 6.07 Å². The van der Waals surface area contributed by atoms with E-state index in [1.807, 2.05) is 11.9 Å². The molecule has 1 aromatic carbocycles. The first kappa shape index (κ1) is 14.9. The average molecular weight is 279 g/mol. The summed E-state index contributed by atoms with van der Waals surface area (Å²) in [5.41, 5.74) is 0.503. The van der Waals surface area contributed by atoms with E-state index in [4.69, 9.17) is 0 Å². The van der Waals surface area contributed by atoms with Crippen LogP contribution in [0.15, 0.2) is 24.3 Å². The maximum Gasteiger partial charge on any atom is 0.238 e. The number of hydrogen-bond acceptors (Lipinski definition) is 3. The van der Waals surface area contributed by atoms with E-state index in [-0.39, 0.29) is 11.7 Å². The van der Waals surface area contributed by atoms with Crippen LogP contribution < -0.4 is 10.6 Å². The molecule has 5 heteroatoms. The highest BCUT2D eigenvalue weighted by Gasteiger charge is 2.16. The molecule has 0 saturated carbocycles. The Kier molecular flexibility index (Phi) is 5.49. The predicted molar refractivity (Wildman–Crippen MR) is 78.1 cm³/mol. The average Bonchev–Trinajstić information content (AvgIpc) is 2.39. The van der Waals surface area contributed by atoms with Crippen LogP contribution in [0.1, 0.15) is 12.8 Å². The molecule has 0 aliphatic carbocycles. The van der Waals surface area contributed by atoms with Crippen molar-refractivity contribution < 1.29 is 9.18 Å². The van der Waals surface area contributed by atoms with E-state index in [0.717, 1.165) is 19.6 Å². The highest BCUT2D eigenvalue weighted by atomic mass is 19.1. The maximum atomic E-state index is 13.0. The van der Waals surface area contributed by atoms with E-state index in [9.17, 15) is 9.18 Å². The summed E-state index contributed by atoms with van der Waals surface area (Å²) in [5.74, 6) is 0.155. The van der Waals surface area contributed by atoms with Crippen molar-refractivity contribution in [1.82, 2.24) is 10.2 Å². The van der Waals surface area contributed by atoms with Crippen LogP contribution in [0.4, 0.5) is 10.1 Å². The molecular formula is C15H22FN3O. The van der Waals surface area contributed by atoms with Crippen molar-refractivity contribution in [3.63, 3.8) is 0 Å². The summed E-state index contributed by atoms with van der Waals surface area (Å²) in [7, 11) is 1.94. The van der Waals surface area contributed by atoms with Crippen LogP contribution in [0.5, 0.6) is 0 Å². The Morgan fingerprint density at radius 1 is 1.55 bits per heavy atom. The van der Waals surface area contributed by atoms with Crippen LogP contribution >= 0.6 is 0 Å². The summed E-state index contributed by atoms with van der Waals surface area (Å²) in [5, 5.41) is 6.09. The number of benzene rings is 1. The lowest BCUT2D eigenvalue weighted by molar-refractivity contribution is -0.117. The lowest BCUT2D eigenvalue weighted by atomic mass is 9.99. The standard InChI is InChI=1S/C15H22FN3O/c1-19(10-12-4-3-7-17-9-12)11-15(20)18-14-6-2-5-13(16)8-14/h2,5-6,8,12,17H,3-4,7,9-11H2,1H3,(H,18,20). The molecule has 0 aromatic heterocycles. The molecule has 1 atom stereocenters. The van der Waals surface area contributed by atoms with Gasteiger partial charge in [-0.25, -0.2) is 4.39 Å². The van der Waals surface area contributed by atoms with Crippen molar-refractivity contribution in [2.24, 2.45) is 5.92 Å². The zero-order valence-electron chi connectivity index (χ0n) is 11.9. The zero-order valence-corrected chi connectivity index (χ0v) is 11.9. The van der Waals surface area contributed by atoms with Gasteiger partial charge in [-0.15, -0.1) is 0 Å². The number of piperidine rings is 1. The number of rotatable bonds is 5. The largest absolute Gasteiger partial charge is 0.325 e. The lowest BCUT2D eigenvalue weighted by Gasteiger charge is -2.27. The molecule has 1 aromatic rings. The molecule has 4 nitrogen and oxygen atoms in total. The second kappa shape index (κ2) is 7.36. The second-order valence-corrected chi connectivity index (χ2v) is 5.47. The Labute approximate surface area is 119 Å². The minimum absolute atomic E-state index is 0.109. The molecule has 1 aliphatic rings. The van der Waals surface area contributed by atoms with Gasteiger partial charge in [0, 0.05) is 12.2 Å². The first-order valence-electron chi connectivity index (χ1n) is 7.08. The Morgan fingerprint density at radius 2 is 2.40 bits per heavy atom. The molecule has 0 spiro atoms. The first-order valence-corrected chi connectivity index (χ1v) is 7.08. The quantitative estimate of drug-likeness (QED) is 0.862. The zero-order chi connectivity index (χ0) is 14.4. The highest BCUT2D eigenvalue weighted by molar-refractivity contribution is 5.92. The molecule has 1 fully saturated rings. The Balaban J connectivity index is 1.75. The Morgan fingerprint density at radius 3 is 3.10 bits per heavy atom. The van der Waals surface area contributed by atoms with Crippen LogP contribution in [0.3, 0.4) is 0 Å². The van der Waals surface area contributed by atoms with Crippen LogP contribution in [0, 0.1) is 11.7 Å². The summed E-state index contributed by atoms with van der Waals surface area (Å²) in [6.07, 6.45) is 2.41. The number of carbonyl (C=O) groups is 1. The van der Waals surface area contributed by atoms with Crippen molar-refractivity contribution in [3.8, 4) is 0 Å². The number of anilines is 1. The van der Waals surface area contributed by atoms with Crippen LogP contribution in [0.2, 0.25) is 0 Å². The molecule has 2 rings (SSSR count). The van der Waals surface area contributed by atoms with Crippen LogP contribution in [0.25, 0.3) is 0 Å². The molecule has 110 valence electrons. The number of nitrogens with one attached hydrogen (secondary N) is 2. The lowest BCUT2D eigenvalue weighted by Crippen LogP contribution is -2.39. The van der Waals surface area contributed by atoms with Gasteiger partial charge in [0.1, 0.15) is 5.82 Å². The minimum atomic E-state index is -0.343. The fraction of sp³-hybridized carbons (Fsp3) is 0.533. The van der Waals surface area contributed by atoms with E-state index in [0.29, 0.717) is 18.2 Å². The number of likely N-dealkylation sites (N-methyl/N-ethyl adjacent to an activating group) is 1. The van der Waals surface area contributed by atoms with Gasteiger partial charge in [0.25, 0.3) is 0 Å². The summed E-state index contributed by atoms with van der Waals surface area (Å²) in [6.45, 7) is 3.35. The van der Waals surface area contributed by atoms with Crippen LogP contribution in [-0.4, -0.2) is 44.0 Å². The summed E-state index contributed by atoms with van der Waals surface area (Å²) in [6, 6.07) is 5.95. The first-order chi connectivity index (χ1) is 9.63. The molecule has 1 aliphatic heterocycles. The van der Waals surface area contributed by atoms with Crippen molar-refractivity contribution in [2.75, 3.05) is 38.5 Å². The molecular weight excluding hydrogens is 257 g/mol. The number of carbonyl (C=O) groups excluding carboxylic acids is 1. The van der Waals surface area contributed by atoms with E-state index >= 15 is 0 Å². The number of halogens is 1. The van der Waals surface area contributed by atoms with Crippen molar-refractivity contribution in [1.29, 1.82) is 0 Å². The molecule has 2 N–H and O–H groups in total. The Bertz CT molecular complexity index is 446. The van der Waals surface area contributed by atoms with Gasteiger partial charge in [0.15, 0.2) is 0 Å². The number of amides is 1. The predicted octanol–water partition coefficient (Wildman–Crippen LogP) is 1.70. The molecule has 1 heterocycles. The molecule has 1 saturated heterocycles. The van der Waals surface area contributed by atoms with Gasteiger partial charge < -0.3 is 10.6 Å². The SMILES string of the molecule is CN(CC(=O)Nc1cccc(F)c1)CC1CCCNC1.